The Morgan fingerprint density at radius 3 is 2.86 bits per heavy atom. The van der Waals surface area contributed by atoms with E-state index in [2.05, 4.69) is 5.32 Å². The average molecular weight is 402 g/mol. The van der Waals surface area contributed by atoms with Gasteiger partial charge in [0.2, 0.25) is 17.7 Å². The lowest BCUT2D eigenvalue weighted by molar-refractivity contribution is -0.139. The summed E-state index contributed by atoms with van der Waals surface area (Å²) in [5, 5.41) is 2.96. The molecule has 7 heteroatoms. The molecule has 1 aromatic carbocycles. The van der Waals surface area contributed by atoms with E-state index in [4.69, 9.17) is 4.74 Å². The first-order chi connectivity index (χ1) is 14.0. The molecule has 3 amide bonds. The molecule has 2 aliphatic heterocycles. The highest BCUT2D eigenvalue weighted by molar-refractivity contribution is 5.86. The third-order valence-electron chi connectivity index (χ3n) is 5.77. The van der Waals surface area contributed by atoms with Crippen molar-refractivity contribution < 1.29 is 19.1 Å². The highest BCUT2D eigenvalue weighted by Crippen LogP contribution is 2.22. The van der Waals surface area contributed by atoms with Crippen molar-refractivity contribution in [2.45, 2.75) is 45.1 Å². The van der Waals surface area contributed by atoms with Crippen molar-refractivity contribution >= 4 is 17.7 Å². The summed E-state index contributed by atoms with van der Waals surface area (Å²) < 4.78 is 5.20. The number of ether oxygens (including phenoxy) is 1. The van der Waals surface area contributed by atoms with Crippen molar-refractivity contribution in [1.29, 1.82) is 0 Å². The second kappa shape index (κ2) is 10.3. The molecule has 1 atom stereocenters. The normalized spacial score (nSPS) is 19.3. The molecule has 0 radical (unpaired) electrons. The predicted octanol–water partition coefficient (Wildman–Crippen LogP) is 1.95. The quantitative estimate of drug-likeness (QED) is 0.722. The largest absolute Gasteiger partial charge is 0.497 e. The minimum Gasteiger partial charge on any atom is -0.497 e. The van der Waals surface area contributed by atoms with E-state index in [0.717, 1.165) is 43.5 Å². The number of hydrogen-bond donors (Lipinski definition) is 1. The first kappa shape index (κ1) is 21.1. The first-order valence-electron chi connectivity index (χ1n) is 10.5. The Kier molecular flexibility index (Phi) is 7.49. The van der Waals surface area contributed by atoms with Crippen molar-refractivity contribution in [1.82, 2.24) is 15.1 Å². The molecule has 2 saturated heterocycles. The summed E-state index contributed by atoms with van der Waals surface area (Å²) >= 11 is 0. The number of piperidine rings is 1. The average Bonchev–Trinajstić information content (AvgIpc) is 3.15. The fourth-order valence-corrected chi connectivity index (χ4v) is 4.07. The summed E-state index contributed by atoms with van der Waals surface area (Å²) in [4.78, 5) is 40.0. The van der Waals surface area contributed by atoms with Gasteiger partial charge in [-0.25, -0.2) is 0 Å². The van der Waals surface area contributed by atoms with Crippen LogP contribution in [0.5, 0.6) is 5.75 Å². The van der Waals surface area contributed by atoms with Crippen molar-refractivity contribution in [3.05, 3.63) is 29.8 Å². The zero-order chi connectivity index (χ0) is 20.6. The molecule has 29 heavy (non-hydrogen) atoms. The molecule has 1 aromatic rings. The molecular formula is C22H31N3O4. The Bertz CT molecular complexity index is 737. The van der Waals surface area contributed by atoms with Gasteiger partial charge in [-0.05, 0) is 49.3 Å². The number of hydrogen-bond acceptors (Lipinski definition) is 4. The van der Waals surface area contributed by atoms with Crippen LogP contribution in [0.25, 0.3) is 0 Å². The van der Waals surface area contributed by atoms with Crippen LogP contribution >= 0.6 is 0 Å². The Labute approximate surface area is 172 Å². The van der Waals surface area contributed by atoms with Gasteiger partial charge in [-0.2, -0.15) is 0 Å². The highest BCUT2D eigenvalue weighted by atomic mass is 16.5. The lowest BCUT2D eigenvalue weighted by Crippen LogP contribution is -2.45. The molecule has 0 bridgehead atoms. The van der Waals surface area contributed by atoms with Gasteiger partial charge in [0.15, 0.2) is 0 Å². The summed E-state index contributed by atoms with van der Waals surface area (Å²) in [5.41, 5.74) is 1.00. The fourth-order valence-electron chi connectivity index (χ4n) is 4.07. The maximum absolute atomic E-state index is 12.5. The van der Waals surface area contributed by atoms with Crippen LogP contribution in [0.15, 0.2) is 24.3 Å². The maximum Gasteiger partial charge on any atom is 0.242 e. The zero-order valence-corrected chi connectivity index (χ0v) is 17.2. The number of carbonyl (C=O) groups is 3. The minimum absolute atomic E-state index is 0.0268. The molecule has 0 saturated carbocycles. The van der Waals surface area contributed by atoms with Crippen LogP contribution in [0.1, 0.15) is 44.1 Å². The van der Waals surface area contributed by atoms with Crippen molar-refractivity contribution in [3.63, 3.8) is 0 Å². The van der Waals surface area contributed by atoms with E-state index in [1.165, 1.54) is 0 Å². The van der Waals surface area contributed by atoms with E-state index < -0.39 is 0 Å². The second-order valence-electron chi connectivity index (χ2n) is 7.93. The van der Waals surface area contributed by atoms with Gasteiger partial charge >= 0.3 is 0 Å². The number of rotatable bonds is 8. The number of nitrogens with zero attached hydrogens (tertiary/aromatic N) is 2. The van der Waals surface area contributed by atoms with Gasteiger partial charge in [-0.3, -0.25) is 14.4 Å². The van der Waals surface area contributed by atoms with E-state index in [-0.39, 0.29) is 24.3 Å². The van der Waals surface area contributed by atoms with Gasteiger partial charge in [0, 0.05) is 39.0 Å². The van der Waals surface area contributed by atoms with Crippen LogP contribution in [0.3, 0.4) is 0 Å². The Morgan fingerprint density at radius 1 is 1.24 bits per heavy atom. The molecule has 0 unspecified atom stereocenters. The molecule has 2 aliphatic rings. The van der Waals surface area contributed by atoms with Crippen LogP contribution < -0.4 is 10.1 Å². The monoisotopic (exact) mass is 401 g/mol. The number of methoxy groups -OCH3 is 1. The molecular weight excluding hydrogens is 370 g/mol. The van der Waals surface area contributed by atoms with Gasteiger partial charge in [-0.15, -0.1) is 0 Å². The first-order valence-corrected chi connectivity index (χ1v) is 10.5. The second-order valence-corrected chi connectivity index (χ2v) is 7.93. The van der Waals surface area contributed by atoms with Gasteiger partial charge < -0.3 is 19.9 Å². The van der Waals surface area contributed by atoms with E-state index in [1.807, 2.05) is 29.2 Å². The number of likely N-dealkylation sites (tertiary alicyclic amines) is 2. The third-order valence-corrected chi connectivity index (χ3v) is 5.77. The van der Waals surface area contributed by atoms with E-state index in [9.17, 15) is 14.4 Å². The number of nitrogens with one attached hydrogen (secondary N) is 1. The molecule has 0 aromatic heterocycles. The van der Waals surface area contributed by atoms with Gasteiger partial charge in [0.05, 0.1) is 13.7 Å². The SMILES string of the molecule is COc1cccc(CNC(=O)CC[C@@H]2CCCN(C(=O)CN3CCCC3=O)C2)c1. The van der Waals surface area contributed by atoms with Crippen LogP contribution in [0, 0.1) is 5.92 Å². The van der Waals surface area contributed by atoms with Gasteiger partial charge in [-0.1, -0.05) is 12.1 Å². The maximum atomic E-state index is 12.5. The summed E-state index contributed by atoms with van der Waals surface area (Å²) in [6, 6.07) is 7.65. The number of benzene rings is 1. The Balaban J connectivity index is 1.38. The van der Waals surface area contributed by atoms with Crippen LogP contribution in [-0.2, 0) is 20.9 Å². The highest BCUT2D eigenvalue weighted by Gasteiger charge is 2.28. The molecule has 2 heterocycles. The lowest BCUT2D eigenvalue weighted by Gasteiger charge is -2.33. The minimum atomic E-state index is 0.0268. The Hall–Kier alpha value is -2.57. The summed E-state index contributed by atoms with van der Waals surface area (Å²) in [7, 11) is 1.62. The Morgan fingerprint density at radius 2 is 2.10 bits per heavy atom. The molecule has 0 spiro atoms. The summed E-state index contributed by atoms with van der Waals surface area (Å²) in [6.45, 7) is 2.81. The van der Waals surface area contributed by atoms with Crippen LogP contribution in [0.4, 0.5) is 0 Å². The van der Waals surface area contributed by atoms with Gasteiger partial charge in [0.1, 0.15) is 5.75 Å². The van der Waals surface area contributed by atoms with Crippen LogP contribution in [0.2, 0.25) is 0 Å². The lowest BCUT2D eigenvalue weighted by atomic mass is 9.93. The van der Waals surface area contributed by atoms with Crippen molar-refractivity contribution in [2.24, 2.45) is 5.92 Å². The van der Waals surface area contributed by atoms with E-state index in [0.29, 0.717) is 38.4 Å². The third kappa shape index (κ3) is 6.21. The molecule has 1 N–H and O–H groups in total. The van der Waals surface area contributed by atoms with Crippen LogP contribution in [-0.4, -0.2) is 60.8 Å². The molecule has 2 fully saturated rings. The molecule has 3 rings (SSSR count). The number of carbonyl (C=O) groups excluding carboxylic acids is 3. The molecule has 0 aliphatic carbocycles. The smallest absolute Gasteiger partial charge is 0.242 e. The summed E-state index contributed by atoms with van der Waals surface area (Å²) in [5.74, 6) is 1.26. The zero-order valence-electron chi connectivity index (χ0n) is 17.2. The molecule has 7 nitrogen and oxygen atoms in total. The van der Waals surface area contributed by atoms with Crippen molar-refractivity contribution in [2.75, 3.05) is 33.3 Å². The standard InChI is InChI=1S/C22H31N3O4/c1-29-19-7-2-5-18(13-19)14-23-20(26)10-9-17-6-3-11-24(15-17)22(28)16-25-12-4-8-21(25)27/h2,5,7,13,17H,3-4,6,8-12,14-16H2,1H3,(H,23,26)/t17-/m0/s1. The molecule has 158 valence electrons. The van der Waals surface area contributed by atoms with E-state index >= 15 is 0 Å². The predicted molar refractivity (Wildman–Crippen MR) is 109 cm³/mol. The van der Waals surface area contributed by atoms with Gasteiger partial charge in [0.25, 0.3) is 0 Å². The fraction of sp³-hybridized carbons (Fsp3) is 0.591. The number of amides is 3. The topological polar surface area (TPSA) is 79.0 Å². The summed E-state index contributed by atoms with van der Waals surface area (Å²) in [6.07, 6.45) is 4.63. The van der Waals surface area contributed by atoms with Crippen molar-refractivity contribution in [3.8, 4) is 5.75 Å². The van der Waals surface area contributed by atoms with E-state index in [1.54, 1.807) is 12.0 Å².